The first kappa shape index (κ1) is 24.5. The minimum Gasteiger partial charge on any atom is -0.369 e. The van der Waals surface area contributed by atoms with Crippen molar-refractivity contribution in [3.05, 3.63) is 44.7 Å². The van der Waals surface area contributed by atoms with Crippen molar-refractivity contribution < 1.29 is 4.79 Å². The van der Waals surface area contributed by atoms with Gasteiger partial charge in [-0.3, -0.25) is 18.9 Å². The summed E-state index contributed by atoms with van der Waals surface area (Å²) in [6.07, 6.45) is 11.3. The number of hydrogen-bond acceptors (Lipinski definition) is 6. The van der Waals surface area contributed by atoms with Crippen molar-refractivity contribution in [2.45, 2.75) is 65.7 Å². The van der Waals surface area contributed by atoms with Crippen molar-refractivity contribution in [2.24, 2.45) is 0 Å². The Morgan fingerprint density at radius 1 is 1.09 bits per heavy atom. The summed E-state index contributed by atoms with van der Waals surface area (Å²) < 4.78 is 2.09. The van der Waals surface area contributed by atoms with Crippen molar-refractivity contribution in [3.8, 4) is 0 Å². The molecular formula is C24H32N4O2S2. The maximum absolute atomic E-state index is 13.3. The Bertz CT molecular complexity index is 1080. The van der Waals surface area contributed by atoms with E-state index in [-0.39, 0.29) is 11.5 Å². The molecular weight excluding hydrogens is 440 g/mol. The molecule has 1 N–H and O–H groups in total. The molecule has 1 aliphatic rings. The molecule has 0 unspecified atom stereocenters. The summed E-state index contributed by atoms with van der Waals surface area (Å²) in [7, 11) is 0. The summed E-state index contributed by atoms with van der Waals surface area (Å²) >= 11 is 6.74. The van der Waals surface area contributed by atoms with Crippen LogP contribution in [-0.4, -0.2) is 37.6 Å². The van der Waals surface area contributed by atoms with Crippen LogP contribution in [0.15, 0.2) is 28.0 Å². The number of thiocarbonyl (C=S) groups is 1. The van der Waals surface area contributed by atoms with E-state index in [0.29, 0.717) is 39.3 Å². The summed E-state index contributed by atoms with van der Waals surface area (Å²) in [5.74, 6) is 0.380. The van der Waals surface area contributed by atoms with Gasteiger partial charge in [0.2, 0.25) is 0 Å². The molecule has 0 atom stereocenters. The van der Waals surface area contributed by atoms with Crippen molar-refractivity contribution >= 4 is 51.7 Å². The zero-order valence-electron chi connectivity index (χ0n) is 19.1. The Kier molecular flexibility index (Phi) is 8.87. The smallest absolute Gasteiger partial charge is 0.267 e. The maximum atomic E-state index is 13.3. The SMILES string of the molecule is CCCCCCCCN1C(=O)C(=Cc2c(NCCC)nc3ccc(C)cn3c2=O)SC1=S. The van der Waals surface area contributed by atoms with Crippen LogP contribution < -0.4 is 10.9 Å². The Balaban J connectivity index is 1.85. The summed E-state index contributed by atoms with van der Waals surface area (Å²) in [5.41, 5.74) is 1.74. The Hall–Kier alpha value is -2.19. The molecule has 0 bridgehead atoms. The van der Waals surface area contributed by atoms with E-state index in [2.05, 4.69) is 24.1 Å². The number of unbranched alkanes of at least 4 members (excludes halogenated alkanes) is 5. The molecule has 0 saturated carbocycles. The van der Waals surface area contributed by atoms with Gasteiger partial charge in [0.15, 0.2) is 0 Å². The van der Waals surface area contributed by atoms with Gasteiger partial charge in [-0.15, -0.1) is 0 Å². The standard InChI is InChI=1S/C24H32N4O2S2/c1-4-6-7-8-9-10-14-27-23(30)19(32-24(27)31)15-18-21(25-13-5-2)26-20-12-11-17(3)16-28(20)22(18)29/h11-12,15-16,25H,4-10,13-14H2,1-3H3. The van der Waals surface area contributed by atoms with Gasteiger partial charge in [0, 0.05) is 19.3 Å². The molecule has 0 aliphatic carbocycles. The number of amides is 1. The largest absolute Gasteiger partial charge is 0.369 e. The van der Waals surface area contributed by atoms with Crippen LogP contribution in [0.25, 0.3) is 11.7 Å². The molecule has 32 heavy (non-hydrogen) atoms. The van der Waals surface area contributed by atoms with Gasteiger partial charge in [0.1, 0.15) is 15.8 Å². The van der Waals surface area contributed by atoms with Crippen molar-refractivity contribution in [2.75, 3.05) is 18.4 Å². The molecule has 1 amide bonds. The first-order chi connectivity index (χ1) is 15.5. The van der Waals surface area contributed by atoms with Gasteiger partial charge in [-0.25, -0.2) is 4.98 Å². The van der Waals surface area contributed by atoms with Gasteiger partial charge in [0.25, 0.3) is 11.5 Å². The lowest BCUT2D eigenvalue weighted by Gasteiger charge is -2.14. The van der Waals surface area contributed by atoms with E-state index >= 15 is 0 Å². The molecule has 2 aromatic rings. The molecule has 6 nitrogen and oxygen atoms in total. The first-order valence-corrected chi connectivity index (χ1v) is 12.7. The number of aromatic nitrogens is 2. The van der Waals surface area contributed by atoms with Crippen LogP contribution >= 0.6 is 24.0 Å². The molecule has 0 spiro atoms. The Morgan fingerprint density at radius 3 is 2.59 bits per heavy atom. The minimum atomic E-state index is -0.196. The van der Waals surface area contributed by atoms with Gasteiger partial charge >= 0.3 is 0 Å². The van der Waals surface area contributed by atoms with Gasteiger partial charge in [-0.05, 0) is 37.5 Å². The van der Waals surface area contributed by atoms with E-state index in [1.807, 2.05) is 19.1 Å². The fraction of sp³-hybridized carbons (Fsp3) is 0.500. The number of nitrogens with one attached hydrogen (secondary N) is 1. The van der Waals surface area contributed by atoms with Gasteiger partial charge in [-0.2, -0.15) is 0 Å². The van der Waals surface area contributed by atoms with Gasteiger partial charge in [-0.1, -0.05) is 76.0 Å². The van der Waals surface area contributed by atoms with Crippen LogP contribution in [0.4, 0.5) is 5.82 Å². The highest BCUT2D eigenvalue weighted by Gasteiger charge is 2.32. The zero-order chi connectivity index (χ0) is 23.1. The predicted octanol–water partition coefficient (Wildman–Crippen LogP) is 5.39. The molecule has 3 heterocycles. The maximum Gasteiger partial charge on any atom is 0.267 e. The quantitative estimate of drug-likeness (QED) is 0.269. The number of carbonyl (C=O) groups excluding carboxylic acids is 1. The molecule has 1 aliphatic heterocycles. The molecule has 2 aromatic heterocycles. The fourth-order valence-electron chi connectivity index (χ4n) is 3.64. The number of anilines is 1. The normalized spacial score (nSPS) is 15.3. The summed E-state index contributed by atoms with van der Waals surface area (Å²) in [5, 5.41) is 3.24. The molecule has 0 radical (unpaired) electrons. The van der Waals surface area contributed by atoms with Crippen molar-refractivity contribution in [1.29, 1.82) is 0 Å². The molecule has 1 saturated heterocycles. The molecule has 1 fully saturated rings. The second-order valence-electron chi connectivity index (χ2n) is 8.14. The summed E-state index contributed by atoms with van der Waals surface area (Å²) in [4.78, 5) is 33.1. The number of hydrogen-bond donors (Lipinski definition) is 1. The van der Waals surface area contributed by atoms with Gasteiger partial charge in [0.05, 0.1) is 10.5 Å². The number of pyridine rings is 1. The van der Waals surface area contributed by atoms with Crippen molar-refractivity contribution in [1.82, 2.24) is 14.3 Å². The second kappa shape index (κ2) is 11.6. The molecule has 3 rings (SSSR count). The van der Waals surface area contributed by atoms with Crippen LogP contribution in [0.5, 0.6) is 0 Å². The lowest BCUT2D eigenvalue weighted by Crippen LogP contribution is -2.29. The average Bonchev–Trinajstić information content (AvgIpc) is 3.04. The molecule has 172 valence electrons. The average molecular weight is 473 g/mol. The predicted molar refractivity (Wildman–Crippen MR) is 138 cm³/mol. The van der Waals surface area contributed by atoms with Crippen LogP contribution in [-0.2, 0) is 4.79 Å². The topological polar surface area (TPSA) is 66.7 Å². The highest BCUT2D eigenvalue weighted by Crippen LogP contribution is 2.33. The fourth-order valence-corrected chi connectivity index (χ4v) is 4.93. The Morgan fingerprint density at radius 2 is 1.84 bits per heavy atom. The third kappa shape index (κ3) is 5.78. The number of rotatable bonds is 11. The number of nitrogens with zero attached hydrogens (tertiary/aromatic N) is 3. The van der Waals surface area contributed by atoms with E-state index in [9.17, 15) is 9.59 Å². The van der Waals surface area contributed by atoms with E-state index in [1.165, 1.54) is 41.8 Å². The van der Waals surface area contributed by atoms with Crippen LogP contribution in [0.2, 0.25) is 0 Å². The first-order valence-electron chi connectivity index (χ1n) is 11.5. The lowest BCUT2D eigenvalue weighted by atomic mass is 10.1. The van der Waals surface area contributed by atoms with Crippen molar-refractivity contribution in [3.63, 3.8) is 0 Å². The van der Waals surface area contributed by atoms with E-state index < -0.39 is 0 Å². The number of aryl methyl sites for hydroxylation is 1. The molecule has 8 heteroatoms. The monoisotopic (exact) mass is 472 g/mol. The Labute approximate surface area is 199 Å². The van der Waals surface area contributed by atoms with Crippen LogP contribution in [0, 0.1) is 6.92 Å². The van der Waals surface area contributed by atoms with E-state index in [0.717, 1.165) is 24.8 Å². The number of thioether (sulfide) groups is 1. The van der Waals surface area contributed by atoms with E-state index in [4.69, 9.17) is 12.2 Å². The second-order valence-corrected chi connectivity index (χ2v) is 9.82. The third-order valence-corrected chi connectivity index (χ3v) is 6.81. The third-order valence-electron chi connectivity index (χ3n) is 5.43. The zero-order valence-corrected chi connectivity index (χ0v) is 20.8. The van der Waals surface area contributed by atoms with Crippen LogP contribution in [0.1, 0.15) is 69.9 Å². The highest BCUT2D eigenvalue weighted by atomic mass is 32.2. The molecule has 0 aromatic carbocycles. The summed E-state index contributed by atoms with van der Waals surface area (Å²) in [6, 6.07) is 3.76. The minimum absolute atomic E-state index is 0.122. The lowest BCUT2D eigenvalue weighted by molar-refractivity contribution is -0.122. The van der Waals surface area contributed by atoms with Gasteiger partial charge < -0.3 is 5.32 Å². The number of fused-ring (bicyclic) bond motifs is 1. The summed E-state index contributed by atoms with van der Waals surface area (Å²) in [6.45, 7) is 7.50. The highest BCUT2D eigenvalue weighted by molar-refractivity contribution is 8.26. The number of carbonyl (C=O) groups is 1. The van der Waals surface area contributed by atoms with Crippen LogP contribution in [0.3, 0.4) is 0 Å². The van der Waals surface area contributed by atoms with E-state index in [1.54, 1.807) is 17.2 Å².